The van der Waals surface area contributed by atoms with Crippen molar-refractivity contribution in [2.24, 2.45) is 0 Å². The molecule has 1 amide bonds. The molecule has 0 bridgehead atoms. The average Bonchev–Trinajstić information content (AvgIpc) is 2.63. The summed E-state index contributed by atoms with van der Waals surface area (Å²) in [4.78, 5) is 13.0. The van der Waals surface area contributed by atoms with Gasteiger partial charge in [0.25, 0.3) is 0 Å². The molecule has 2 rings (SSSR count). The molecule has 1 heterocycles. The molecule has 21 heavy (non-hydrogen) atoms. The molecule has 2 nitrogen and oxygen atoms in total. The second kappa shape index (κ2) is 6.73. The van der Waals surface area contributed by atoms with Crippen LogP contribution in [0.3, 0.4) is 0 Å². The summed E-state index contributed by atoms with van der Waals surface area (Å²) in [6.07, 6.45) is -5.09. The van der Waals surface area contributed by atoms with Gasteiger partial charge in [-0.15, -0.1) is 0 Å². The van der Waals surface area contributed by atoms with Gasteiger partial charge in [-0.2, -0.15) is 24.9 Å². The van der Waals surface area contributed by atoms with E-state index in [-0.39, 0.29) is 5.25 Å². The molecule has 0 radical (unpaired) electrons. The Balaban J connectivity index is 1.99. The third-order valence-corrected chi connectivity index (χ3v) is 4.89. The fraction of sp³-hybridized carbons (Fsp3) is 0.533. The Bertz CT molecular complexity index is 504. The van der Waals surface area contributed by atoms with E-state index in [0.29, 0.717) is 25.3 Å². The third kappa shape index (κ3) is 4.66. The molecular weight excluding hydrogens is 299 g/mol. The monoisotopic (exact) mass is 317 g/mol. The van der Waals surface area contributed by atoms with E-state index in [9.17, 15) is 18.0 Å². The van der Waals surface area contributed by atoms with Crippen LogP contribution < -0.4 is 0 Å². The van der Waals surface area contributed by atoms with Crippen LogP contribution in [0.2, 0.25) is 0 Å². The number of nitrogens with zero attached hydrogens (tertiary/aromatic N) is 1. The van der Waals surface area contributed by atoms with E-state index in [2.05, 4.69) is 6.07 Å². The van der Waals surface area contributed by atoms with Crippen molar-refractivity contribution in [1.82, 2.24) is 4.90 Å². The van der Waals surface area contributed by atoms with Crippen molar-refractivity contribution in [2.75, 3.05) is 18.8 Å². The summed E-state index contributed by atoms with van der Waals surface area (Å²) < 4.78 is 36.9. The van der Waals surface area contributed by atoms with E-state index < -0.39 is 18.5 Å². The van der Waals surface area contributed by atoms with Gasteiger partial charge in [0.1, 0.15) is 6.42 Å². The second-order valence-corrected chi connectivity index (χ2v) is 6.49. The van der Waals surface area contributed by atoms with Gasteiger partial charge in [0.15, 0.2) is 0 Å². The lowest BCUT2D eigenvalue weighted by Gasteiger charge is -2.21. The van der Waals surface area contributed by atoms with Gasteiger partial charge in [0.05, 0.1) is 0 Å². The Hall–Kier alpha value is -1.17. The maximum atomic E-state index is 12.3. The molecule has 1 atom stereocenters. The molecule has 6 heteroatoms. The van der Waals surface area contributed by atoms with Gasteiger partial charge in [0, 0.05) is 24.1 Å². The van der Waals surface area contributed by atoms with E-state index in [1.54, 1.807) is 11.8 Å². The normalized spacial score (nSPS) is 20.2. The molecule has 1 aliphatic rings. The third-order valence-electron chi connectivity index (χ3n) is 3.58. The summed E-state index contributed by atoms with van der Waals surface area (Å²) in [6.45, 7) is 2.82. The van der Waals surface area contributed by atoms with Crippen molar-refractivity contribution in [3.05, 3.63) is 35.4 Å². The Morgan fingerprint density at radius 1 is 1.33 bits per heavy atom. The highest BCUT2D eigenvalue weighted by Gasteiger charge is 2.34. The molecule has 1 saturated heterocycles. The molecule has 1 aromatic rings. The summed E-state index contributed by atoms with van der Waals surface area (Å²) in [7, 11) is 0. The zero-order valence-electron chi connectivity index (χ0n) is 11.8. The number of benzene rings is 1. The van der Waals surface area contributed by atoms with Crippen LogP contribution in [0.1, 0.15) is 29.2 Å². The highest BCUT2D eigenvalue weighted by molar-refractivity contribution is 7.99. The highest BCUT2D eigenvalue weighted by Crippen LogP contribution is 2.36. The highest BCUT2D eigenvalue weighted by atomic mass is 32.2. The first-order chi connectivity index (χ1) is 9.87. The topological polar surface area (TPSA) is 20.3 Å². The lowest BCUT2D eigenvalue weighted by molar-refractivity contribution is -0.161. The van der Waals surface area contributed by atoms with Crippen molar-refractivity contribution in [3.63, 3.8) is 0 Å². The molecule has 0 aromatic heterocycles. The van der Waals surface area contributed by atoms with Crippen LogP contribution in [0.15, 0.2) is 24.3 Å². The van der Waals surface area contributed by atoms with Gasteiger partial charge in [-0.25, -0.2) is 0 Å². The van der Waals surface area contributed by atoms with Crippen molar-refractivity contribution in [2.45, 2.75) is 31.2 Å². The molecule has 1 unspecified atom stereocenters. The number of rotatable bonds is 2. The predicted octanol–water partition coefficient (Wildman–Crippen LogP) is 3.95. The van der Waals surface area contributed by atoms with E-state index in [1.807, 2.05) is 25.1 Å². The first-order valence-electron chi connectivity index (χ1n) is 6.88. The zero-order chi connectivity index (χ0) is 15.5. The fourth-order valence-electron chi connectivity index (χ4n) is 2.50. The number of amides is 1. The van der Waals surface area contributed by atoms with Gasteiger partial charge in [-0.05, 0) is 24.5 Å². The van der Waals surface area contributed by atoms with Gasteiger partial charge in [-0.3, -0.25) is 4.79 Å². The minimum atomic E-state index is -4.42. The van der Waals surface area contributed by atoms with E-state index >= 15 is 0 Å². The number of carbonyl (C=O) groups excluding carboxylic acids is 1. The number of carbonyl (C=O) groups is 1. The van der Waals surface area contributed by atoms with Crippen LogP contribution >= 0.6 is 11.8 Å². The minimum Gasteiger partial charge on any atom is -0.342 e. The molecule has 0 aliphatic carbocycles. The van der Waals surface area contributed by atoms with Crippen molar-refractivity contribution >= 4 is 17.7 Å². The van der Waals surface area contributed by atoms with Crippen LogP contribution in [0.25, 0.3) is 0 Å². The van der Waals surface area contributed by atoms with Crippen LogP contribution in [-0.2, 0) is 4.79 Å². The molecule has 1 aliphatic heterocycles. The van der Waals surface area contributed by atoms with Gasteiger partial charge in [0.2, 0.25) is 5.91 Å². The Morgan fingerprint density at radius 3 is 2.71 bits per heavy atom. The number of halogens is 3. The summed E-state index contributed by atoms with van der Waals surface area (Å²) in [5.74, 6) is -0.142. The maximum absolute atomic E-state index is 12.3. The average molecular weight is 317 g/mol. The van der Waals surface area contributed by atoms with Crippen LogP contribution in [-0.4, -0.2) is 35.8 Å². The number of alkyl halides is 3. The molecule has 1 fully saturated rings. The lowest BCUT2D eigenvalue weighted by atomic mass is 10.0. The zero-order valence-corrected chi connectivity index (χ0v) is 12.6. The fourth-order valence-corrected chi connectivity index (χ4v) is 3.83. The number of thioether (sulfide) groups is 1. The maximum Gasteiger partial charge on any atom is 0.397 e. The smallest absolute Gasteiger partial charge is 0.342 e. The Labute approximate surface area is 126 Å². The second-order valence-electron chi connectivity index (χ2n) is 5.18. The SMILES string of the molecule is Cc1ccccc1C1CCN(C(=O)CC(F)(F)F)CCS1. The minimum absolute atomic E-state index is 0.245. The molecule has 1 aromatic carbocycles. The first-order valence-corrected chi connectivity index (χ1v) is 7.93. The van der Waals surface area contributed by atoms with Gasteiger partial charge < -0.3 is 4.90 Å². The predicted molar refractivity (Wildman–Crippen MR) is 78.2 cm³/mol. The Morgan fingerprint density at radius 2 is 2.05 bits per heavy atom. The summed E-state index contributed by atoms with van der Waals surface area (Å²) in [5, 5.41) is 0.245. The Kier molecular flexibility index (Phi) is 5.19. The molecular formula is C15H18F3NOS. The summed E-state index contributed by atoms with van der Waals surface area (Å²) >= 11 is 1.72. The van der Waals surface area contributed by atoms with Crippen molar-refractivity contribution in [3.8, 4) is 0 Å². The lowest BCUT2D eigenvalue weighted by Crippen LogP contribution is -2.35. The molecule has 0 N–H and O–H groups in total. The van der Waals surface area contributed by atoms with E-state index in [4.69, 9.17) is 0 Å². The largest absolute Gasteiger partial charge is 0.397 e. The van der Waals surface area contributed by atoms with Crippen molar-refractivity contribution < 1.29 is 18.0 Å². The summed E-state index contributed by atoms with van der Waals surface area (Å²) in [5.41, 5.74) is 2.40. The summed E-state index contributed by atoms with van der Waals surface area (Å²) in [6, 6.07) is 8.03. The standard InChI is InChI=1S/C15H18F3NOS/c1-11-4-2-3-5-12(11)13-6-7-19(8-9-21-13)14(20)10-15(16,17)18/h2-5,13H,6-10H2,1H3. The first kappa shape index (κ1) is 16.2. The van der Waals surface area contributed by atoms with Crippen molar-refractivity contribution in [1.29, 1.82) is 0 Å². The van der Waals surface area contributed by atoms with E-state index in [0.717, 1.165) is 0 Å². The quantitative estimate of drug-likeness (QED) is 0.823. The van der Waals surface area contributed by atoms with Crippen LogP contribution in [0.5, 0.6) is 0 Å². The van der Waals surface area contributed by atoms with Gasteiger partial charge >= 0.3 is 6.18 Å². The molecule has 116 valence electrons. The number of hydrogen-bond acceptors (Lipinski definition) is 2. The number of aryl methyl sites for hydroxylation is 1. The number of hydrogen-bond donors (Lipinski definition) is 0. The molecule has 0 saturated carbocycles. The van der Waals surface area contributed by atoms with Crippen LogP contribution in [0, 0.1) is 6.92 Å². The molecule has 0 spiro atoms. The van der Waals surface area contributed by atoms with Crippen LogP contribution in [0.4, 0.5) is 13.2 Å². The van der Waals surface area contributed by atoms with Gasteiger partial charge in [-0.1, -0.05) is 24.3 Å². The van der Waals surface area contributed by atoms with E-state index in [1.165, 1.54) is 16.0 Å².